The van der Waals surface area contributed by atoms with Crippen molar-refractivity contribution in [2.24, 2.45) is 5.41 Å². The number of carbonyl (C=O) groups is 3. The van der Waals surface area contributed by atoms with E-state index in [1.54, 1.807) is 9.80 Å². The zero-order valence-electron chi connectivity index (χ0n) is 14.5. The van der Waals surface area contributed by atoms with E-state index in [0.717, 1.165) is 19.3 Å². The Morgan fingerprint density at radius 2 is 1.84 bits per heavy atom. The molecule has 2 saturated heterocycles. The van der Waals surface area contributed by atoms with Crippen molar-refractivity contribution in [3.63, 3.8) is 0 Å². The number of carboxylic acid groups (broad SMARTS) is 1. The van der Waals surface area contributed by atoms with Gasteiger partial charge in [-0.2, -0.15) is 0 Å². The Morgan fingerprint density at radius 1 is 1.08 bits per heavy atom. The van der Waals surface area contributed by atoms with Gasteiger partial charge in [0.05, 0.1) is 6.10 Å². The zero-order chi connectivity index (χ0) is 18.0. The highest BCUT2D eigenvalue weighted by atomic mass is 16.4. The van der Waals surface area contributed by atoms with E-state index < -0.39 is 12.2 Å². The van der Waals surface area contributed by atoms with Crippen molar-refractivity contribution >= 4 is 17.9 Å². The number of piperidine rings is 1. The average Bonchev–Trinajstić information content (AvgIpc) is 3.37. The summed E-state index contributed by atoms with van der Waals surface area (Å²) in [7, 11) is 0. The first kappa shape index (κ1) is 18.0. The molecule has 0 aromatic rings. The molecule has 1 aliphatic carbocycles. The summed E-state index contributed by atoms with van der Waals surface area (Å²) in [6, 6.07) is 0. The monoisotopic (exact) mass is 353 g/mol. The molecule has 0 radical (unpaired) electrons. The first-order valence-corrected chi connectivity index (χ1v) is 9.13. The summed E-state index contributed by atoms with van der Waals surface area (Å²) >= 11 is 0. The maximum absolute atomic E-state index is 12.3. The predicted molar refractivity (Wildman–Crippen MR) is 88.9 cm³/mol. The number of likely N-dealkylation sites (tertiary alicyclic amines) is 1. The highest BCUT2D eigenvalue weighted by molar-refractivity contribution is 5.78. The van der Waals surface area contributed by atoms with Crippen LogP contribution in [0.5, 0.6) is 0 Å². The normalized spacial score (nSPS) is 25.9. The average molecular weight is 353 g/mol. The van der Waals surface area contributed by atoms with Crippen molar-refractivity contribution < 1.29 is 24.6 Å². The lowest BCUT2D eigenvalue weighted by Gasteiger charge is -2.36. The van der Waals surface area contributed by atoms with E-state index in [0.29, 0.717) is 45.6 Å². The molecule has 8 nitrogen and oxygen atoms in total. The summed E-state index contributed by atoms with van der Waals surface area (Å²) < 4.78 is 0. The first-order chi connectivity index (χ1) is 11.9. The largest absolute Gasteiger partial charge is 0.465 e. The van der Waals surface area contributed by atoms with E-state index in [-0.39, 0.29) is 30.2 Å². The van der Waals surface area contributed by atoms with Crippen molar-refractivity contribution in [3.05, 3.63) is 0 Å². The summed E-state index contributed by atoms with van der Waals surface area (Å²) in [6.07, 6.45) is 2.74. The molecule has 1 unspecified atom stereocenters. The maximum atomic E-state index is 12.3. The summed E-state index contributed by atoms with van der Waals surface area (Å²) in [6.45, 7) is 2.54. The summed E-state index contributed by atoms with van der Waals surface area (Å²) in [5, 5.41) is 19.2. The number of aliphatic hydroxyl groups is 1. The quantitative estimate of drug-likeness (QED) is 0.759. The standard InChI is InChI=1S/C17H27N3O5/c21-13-12-20(9-6-17(13)4-5-17)14(22)2-1-7-18-10-11-19(16(24)25)8-3-15(18)23/h13,21H,1-12H2,(H,24,25). The molecule has 1 atom stereocenters. The van der Waals surface area contributed by atoms with E-state index in [1.165, 1.54) is 4.90 Å². The van der Waals surface area contributed by atoms with Gasteiger partial charge in [-0.05, 0) is 31.1 Å². The topological polar surface area (TPSA) is 101 Å². The number of hydrogen-bond donors (Lipinski definition) is 2. The summed E-state index contributed by atoms with van der Waals surface area (Å²) in [4.78, 5) is 40.0. The summed E-state index contributed by atoms with van der Waals surface area (Å²) in [5.74, 6) is -0.0238. The fourth-order valence-corrected chi connectivity index (χ4v) is 3.86. The Kier molecular flexibility index (Phi) is 5.17. The van der Waals surface area contributed by atoms with Crippen molar-refractivity contribution in [1.29, 1.82) is 0 Å². The van der Waals surface area contributed by atoms with Crippen LogP contribution in [0.2, 0.25) is 0 Å². The molecule has 3 amide bonds. The minimum absolute atomic E-state index is 0.0315. The number of hydrogen-bond acceptors (Lipinski definition) is 4. The van der Waals surface area contributed by atoms with Gasteiger partial charge in [-0.1, -0.05) is 0 Å². The third-order valence-corrected chi connectivity index (χ3v) is 5.90. The van der Waals surface area contributed by atoms with Gasteiger partial charge in [-0.15, -0.1) is 0 Å². The number of aliphatic hydroxyl groups excluding tert-OH is 1. The molecule has 2 heterocycles. The van der Waals surface area contributed by atoms with Gasteiger partial charge in [-0.25, -0.2) is 4.79 Å². The van der Waals surface area contributed by atoms with Crippen LogP contribution in [-0.2, 0) is 9.59 Å². The molecule has 25 heavy (non-hydrogen) atoms. The molecular weight excluding hydrogens is 326 g/mol. The number of rotatable bonds is 4. The molecule has 2 aliphatic heterocycles. The molecule has 140 valence electrons. The smallest absolute Gasteiger partial charge is 0.407 e. The van der Waals surface area contributed by atoms with Crippen LogP contribution in [0.4, 0.5) is 4.79 Å². The van der Waals surface area contributed by atoms with Crippen LogP contribution in [0.15, 0.2) is 0 Å². The van der Waals surface area contributed by atoms with Gasteiger partial charge in [0, 0.05) is 52.1 Å². The van der Waals surface area contributed by atoms with Gasteiger partial charge in [0.2, 0.25) is 11.8 Å². The van der Waals surface area contributed by atoms with Gasteiger partial charge < -0.3 is 24.9 Å². The highest BCUT2D eigenvalue weighted by Crippen LogP contribution is 2.53. The molecule has 3 rings (SSSR count). The van der Waals surface area contributed by atoms with Gasteiger partial charge in [0.25, 0.3) is 0 Å². The lowest BCUT2D eigenvalue weighted by Crippen LogP contribution is -2.47. The van der Waals surface area contributed by atoms with Crippen LogP contribution in [0.1, 0.15) is 38.5 Å². The first-order valence-electron chi connectivity index (χ1n) is 9.13. The molecule has 2 N–H and O–H groups in total. The lowest BCUT2D eigenvalue weighted by atomic mass is 9.90. The van der Waals surface area contributed by atoms with Crippen LogP contribution in [0.25, 0.3) is 0 Å². The Bertz CT molecular complexity index is 548. The van der Waals surface area contributed by atoms with Crippen LogP contribution in [0, 0.1) is 5.41 Å². The zero-order valence-corrected chi connectivity index (χ0v) is 14.5. The third kappa shape index (κ3) is 4.05. The van der Waals surface area contributed by atoms with Gasteiger partial charge in [-0.3, -0.25) is 9.59 Å². The van der Waals surface area contributed by atoms with Crippen LogP contribution < -0.4 is 0 Å². The van der Waals surface area contributed by atoms with E-state index >= 15 is 0 Å². The van der Waals surface area contributed by atoms with Gasteiger partial charge >= 0.3 is 6.09 Å². The molecule has 8 heteroatoms. The van der Waals surface area contributed by atoms with E-state index in [4.69, 9.17) is 5.11 Å². The molecule has 0 aromatic carbocycles. The van der Waals surface area contributed by atoms with E-state index in [9.17, 15) is 19.5 Å². The molecule has 3 fully saturated rings. The molecule has 0 bridgehead atoms. The lowest BCUT2D eigenvalue weighted by molar-refractivity contribution is -0.137. The summed E-state index contributed by atoms with van der Waals surface area (Å²) in [5.41, 5.74) is 0.0886. The Balaban J connectivity index is 1.40. The molecule has 1 saturated carbocycles. The van der Waals surface area contributed by atoms with Crippen LogP contribution in [-0.4, -0.2) is 88.2 Å². The number of amides is 3. The molecular formula is C17H27N3O5. The van der Waals surface area contributed by atoms with Crippen LogP contribution >= 0.6 is 0 Å². The fourth-order valence-electron chi connectivity index (χ4n) is 3.86. The van der Waals surface area contributed by atoms with Crippen molar-refractivity contribution in [2.75, 3.05) is 39.3 Å². The number of nitrogens with zero attached hydrogens (tertiary/aromatic N) is 3. The second-order valence-corrected chi connectivity index (χ2v) is 7.47. The van der Waals surface area contributed by atoms with Crippen molar-refractivity contribution in [2.45, 2.75) is 44.6 Å². The maximum Gasteiger partial charge on any atom is 0.407 e. The minimum Gasteiger partial charge on any atom is -0.465 e. The van der Waals surface area contributed by atoms with E-state index in [1.807, 2.05) is 0 Å². The predicted octanol–water partition coefficient (Wildman–Crippen LogP) is 0.352. The van der Waals surface area contributed by atoms with Crippen molar-refractivity contribution in [1.82, 2.24) is 14.7 Å². The highest BCUT2D eigenvalue weighted by Gasteiger charge is 2.51. The SMILES string of the molecule is O=C(O)N1CCC(=O)N(CCCC(=O)N2CCC3(CC3)C(O)C2)CC1. The molecule has 3 aliphatic rings. The van der Waals surface area contributed by atoms with Crippen LogP contribution in [0.3, 0.4) is 0 Å². The fraction of sp³-hybridized carbons (Fsp3) is 0.824. The second kappa shape index (κ2) is 7.19. The third-order valence-electron chi connectivity index (χ3n) is 5.90. The van der Waals surface area contributed by atoms with Gasteiger partial charge in [0.1, 0.15) is 0 Å². The van der Waals surface area contributed by atoms with Gasteiger partial charge in [0.15, 0.2) is 0 Å². The second-order valence-electron chi connectivity index (χ2n) is 7.47. The Hall–Kier alpha value is -1.83. The molecule has 1 spiro atoms. The molecule has 0 aromatic heterocycles. The van der Waals surface area contributed by atoms with Crippen molar-refractivity contribution in [3.8, 4) is 0 Å². The Morgan fingerprint density at radius 3 is 2.48 bits per heavy atom. The Labute approximate surface area is 147 Å². The number of β-amino-alcohol motifs (C(OH)–C–C–N with tert-alkyl or cyclic N) is 1. The minimum atomic E-state index is -0.998. The number of carbonyl (C=O) groups excluding carboxylic acids is 2. The van der Waals surface area contributed by atoms with E-state index in [2.05, 4.69) is 0 Å².